The van der Waals surface area contributed by atoms with E-state index in [-0.39, 0.29) is 0 Å². The Morgan fingerprint density at radius 1 is 1.15 bits per heavy atom. The van der Waals surface area contributed by atoms with Crippen LogP contribution < -0.4 is 16.0 Å². The number of hydrogen-bond acceptors (Lipinski definition) is 3. The summed E-state index contributed by atoms with van der Waals surface area (Å²) in [4.78, 5) is 16.3. The van der Waals surface area contributed by atoms with Crippen LogP contribution in [0.25, 0.3) is 0 Å². The van der Waals surface area contributed by atoms with Gasteiger partial charge in [0.1, 0.15) is 5.60 Å². The molecule has 1 aliphatic carbocycles. The minimum absolute atomic E-state index is 0.416. The molecule has 0 heterocycles. The molecule has 0 aliphatic heterocycles. The molecule has 0 aromatic heterocycles. The smallest absolute Gasteiger partial charge is 0.408 e. The number of hydrogen-bond donors (Lipinski definition) is 3. The molecule has 3 N–H and O–H groups in total. The fourth-order valence-corrected chi connectivity index (χ4v) is 2.96. The van der Waals surface area contributed by atoms with Crippen molar-refractivity contribution in [3.05, 3.63) is 35.9 Å². The summed E-state index contributed by atoms with van der Waals surface area (Å²) >= 11 is 0. The molecule has 2 atom stereocenters. The number of benzene rings is 1. The predicted molar refractivity (Wildman–Crippen MR) is 110 cm³/mol. The van der Waals surface area contributed by atoms with Crippen LogP contribution in [0.4, 0.5) is 4.79 Å². The molecule has 2 unspecified atom stereocenters. The van der Waals surface area contributed by atoms with Gasteiger partial charge in [0.25, 0.3) is 0 Å². The quantitative estimate of drug-likeness (QED) is 0.528. The zero-order valence-electron chi connectivity index (χ0n) is 17.4. The highest BCUT2D eigenvalue weighted by atomic mass is 16.6. The lowest BCUT2D eigenvalue weighted by Crippen LogP contribution is -2.54. The van der Waals surface area contributed by atoms with Crippen LogP contribution in [-0.2, 0) is 4.74 Å². The standard InChI is InChI=1S/C21H34N4O2/c1-20(2,3)27-19(26)25-21(4,5)14-24-18(22-6)23-13-16-12-17(16)15-10-8-7-9-11-15/h7-11,16-17H,12-14H2,1-6H3,(H,25,26)(H2,22,23,24). The lowest BCUT2D eigenvalue weighted by atomic mass is 10.1. The Bertz CT molecular complexity index is 650. The minimum Gasteiger partial charge on any atom is -0.444 e. The van der Waals surface area contributed by atoms with Crippen molar-refractivity contribution >= 4 is 12.1 Å². The van der Waals surface area contributed by atoms with Gasteiger partial charge in [-0.25, -0.2) is 4.79 Å². The number of aliphatic imine (C=N–C) groups is 1. The van der Waals surface area contributed by atoms with Crippen molar-refractivity contribution in [3.8, 4) is 0 Å². The fourth-order valence-electron chi connectivity index (χ4n) is 2.96. The van der Waals surface area contributed by atoms with E-state index in [1.165, 1.54) is 12.0 Å². The van der Waals surface area contributed by atoms with Gasteiger partial charge in [0.15, 0.2) is 5.96 Å². The molecule has 6 nitrogen and oxygen atoms in total. The molecular formula is C21H34N4O2. The van der Waals surface area contributed by atoms with Gasteiger partial charge in [0, 0.05) is 20.1 Å². The largest absolute Gasteiger partial charge is 0.444 e. The summed E-state index contributed by atoms with van der Waals surface area (Å²) in [5.74, 6) is 2.02. The SMILES string of the molecule is CN=C(NCC1CC1c1ccccc1)NCC(C)(C)NC(=O)OC(C)(C)C. The van der Waals surface area contributed by atoms with Gasteiger partial charge >= 0.3 is 6.09 Å². The highest BCUT2D eigenvalue weighted by Gasteiger charge is 2.37. The van der Waals surface area contributed by atoms with Crippen LogP contribution >= 0.6 is 0 Å². The van der Waals surface area contributed by atoms with Crippen LogP contribution in [0.15, 0.2) is 35.3 Å². The third kappa shape index (κ3) is 7.49. The van der Waals surface area contributed by atoms with Crippen LogP contribution in [0.1, 0.15) is 52.5 Å². The zero-order chi connectivity index (χ0) is 20.1. The van der Waals surface area contributed by atoms with E-state index < -0.39 is 17.2 Å². The molecule has 1 aromatic carbocycles. The van der Waals surface area contributed by atoms with E-state index in [1.54, 1.807) is 7.05 Å². The molecule has 2 rings (SSSR count). The number of rotatable bonds is 6. The Labute approximate surface area is 163 Å². The van der Waals surface area contributed by atoms with E-state index in [1.807, 2.05) is 34.6 Å². The number of nitrogens with zero attached hydrogens (tertiary/aromatic N) is 1. The van der Waals surface area contributed by atoms with Crippen LogP contribution in [-0.4, -0.2) is 43.3 Å². The number of carbonyl (C=O) groups is 1. The average Bonchev–Trinajstić information content (AvgIpc) is 3.33. The molecule has 0 bridgehead atoms. The van der Waals surface area contributed by atoms with Crippen molar-refractivity contribution in [1.82, 2.24) is 16.0 Å². The highest BCUT2D eigenvalue weighted by Crippen LogP contribution is 2.46. The maximum Gasteiger partial charge on any atom is 0.408 e. The molecule has 0 spiro atoms. The number of ether oxygens (including phenoxy) is 1. The Morgan fingerprint density at radius 2 is 1.81 bits per heavy atom. The monoisotopic (exact) mass is 374 g/mol. The number of guanidine groups is 1. The summed E-state index contributed by atoms with van der Waals surface area (Å²) in [5, 5.41) is 9.57. The van der Waals surface area contributed by atoms with E-state index in [9.17, 15) is 4.79 Å². The van der Waals surface area contributed by atoms with E-state index in [0.717, 1.165) is 12.5 Å². The first-order valence-corrected chi connectivity index (χ1v) is 9.60. The van der Waals surface area contributed by atoms with Crippen molar-refractivity contribution in [2.24, 2.45) is 10.9 Å². The van der Waals surface area contributed by atoms with E-state index in [0.29, 0.717) is 18.4 Å². The Morgan fingerprint density at radius 3 is 2.41 bits per heavy atom. The molecule has 0 saturated heterocycles. The maximum atomic E-state index is 12.0. The predicted octanol–water partition coefficient (Wildman–Crippen LogP) is 3.26. The molecule has 0 radical (unpaired) electrons. The topological polar surface area (TPSA) is 74.8 Å². The summed E-state index contributed by atoms with van der Waals surface area (Å²) in [6, 6.07) is 10.6. The van der Waals surface area contributed by atoms with Gasteiger partial charge in [-0.3, -0.25) is 4.99 Å². The van der Waals surface area contributed by atoms with Gasteiger partial charge in [-0.1, -0.05) is 30.3 Å². The molecule has 1 saturated carbocycles. The minimum atomic E-state index is -0.509. The summed E-state index contributed by atoms with van der Waals surface area (Å²) in [7, 11) is 1.76. The van der Waals surface area contributed by atoms with Gasteiger partial charge in [0.05, 0.1) is 5.54 Å². The highest BCUT2D eigenvalue weighted by molar-refractivity contribution is 5.80. The molecule has 1 amide bonds. The first kappa shape index (κ1) is 21.1. The number of nitrogens with one attached hydrogen (secondary N) is 3. The molecule has 1 aliphatic rings. The molecule has 1 aromatic rings. The number of alkyl carbamates (subject to hydrolysis) is 1. The van der Waals surface area contributed by atoms with E-state index in [2.05, 4.69) is 51.3 Å². The van der Waals surface area contributed by atoms with Gasteiger partial charge in [-0.05, 0) is 58.4 Å². The molecule has 150 valence electrons. The van der Waals surface area contributed by atoms with Crippen LogP contribution in [0, 0.1) is 5.92 Å². The Kier molecular flexibility index (Phi) is 6.73. The van der Waals surface area contributed by atoms with E-state index in [4.69, 9.17) is 4.74 Å². The average molecular weight is 375 g/mol. The Balaban J connectivity index is 1.73. The summed E-state index contributed by atoms with van der Waals surface area (Å²) in [5.41, 5.74) is 0.437. The molecule has 6 heteroatoms. The second kappa shape index (κ2) is 8.63. The van der Waals surface area contributed by atoms with Gasteiger partial charge < -0.3 is 20.7 Å². The van der Waals surface area contributed by atoms with Gasteiger partial charge in [0.2, 0.25) is 0 Å². The van der Waals surface area contributed by atoms with Crippen LogP contribution in [0.2, 0.25) is 0 Å². The summed E-state index contributed by atoms with van der Waals surface area (Å²) in [6.07, 6.45) is 0.792. The Hall–Kier alpha value is -2.24. The van der Waals surface area contributed by atoms with Crippen molar-refractivity contribution in [1.29, 1.82) is 0 Å². The van der Waals surface area contributed by atoms with E-state index >= 15 is 0 Å². The second-order valence-electron chi connectivity index (χ2n) is 8.83. The third-order valence-corrected chi connectivity index (χ3v) is 4.44. The van der Waals surface area contributed by atoms with Crippen LogP contribution in [0.3, 0.4) is 0 Å². The number of carbonyl (C=O) groups excluding carboxylic acids is 1. The molecule has 1 fully saturated rings. The second-order valence-corrected chi connectivity index (χ2v) is 8.83. The maximum absolute atomic E-state index is 12.0. The normalized spacial score (nSPS) is 20.0. The third-order valence-electron chi connectivity index (χ3n) is 4.44. The first-order chi connectivity index (χ1) is 12.6. The fraction of sp³-hybridized carbons (Fsp3) is 0.619. The van der Waals surface area contributed by atoms with Gasteiger partial charge in [-0.15, -0.1) is 0 Å². The lowest BCUT2D eigenvalue weighted by Gasteiger charge is -2.29. The first-order valence-electron chi connectivity index (χ1n) is 9.60. The van der Waals surface area contributed by atoms with Crippen LogP contribution in [0.5, 0.6) is 0 Å². The molecule has 27 heavy (non-hydrogen) atoms. The number of amides is 1. The van der Waals surface area contributed by atoms with Crippen molar-refractivity contribution in [3.63, 3.8) is 0 Å². The molecular weight excluding hydrogens is 340 g/mol. The van der Waals surface area contributed by atoms with Crippen molar-refractivity contribution in [2.45, 2.75) is 58.1 Å². The lowest BCUT2D eigenvalue weighted by molar-refractivity contribution is 0.0474. The summed E-state index contributed by atoms with van der Waals surface area (Å²) in [6.45, 7) is 10.9. The van der Waals surface area contributed by atoms with Gasteiger partial charge in [-0.2, -0.15) is 0 Å². The summed E-state index contributed by atoms with van der Waals surface area (Å²) < 4.78 is 5.32. The van der Waals surface area contributed by atoms with Crippen molar-refractivity contribution in [2.75, 3.05) is 20.1 Å². The van der Waals surface area contributed by atoms with Crippen molar-refractivity contribution < 1.29 is 9.53 Å². The zero-order valence-corrected chi connectivity index (χ0v) is 17.4.